The van der Waals surface area contributed by atoms with Crippen molar-refractivity contribution in [3.8, 4) is 0 Å². The number of anilines is 1. The van der Waals surface area contributed by atoms with Crippen molar-refractivity contribution in [3.63, 3.8) is 0 Å². The van der Waals surface area contributed by atoms with E-state index in [1.807, 2.05) is 0 Å². The van der Waals surface area contributed by atoms with Crippen LogP contribution in [-0.2, 0) is 4.79 Å². The molecule has 1 heterocycles. The van der Waals surface area contributed by atoms with E-state index in [0.717, 1.165) is 0 Å². The molecule has 10 heteroatoms. The molecule has 1 N–H and O–H groups in total. The van der Waals surface area contributed by atoms with E-state index in [4.69, 9.17) is 36.5 Å². The van der Waals surface area contributed by atoms with Crippen LogP contribution in [0.25, 0.3) is 0 Å². The zero-order valence-corrected chi connectivity index (χ0v) is 15.1. The number of thioether (sulfide) groups is 1. The summed E-state index contributed by atoms with van der Waals surface area (Å²) < 4.78 is 14.0. The van der Waals surface area contributed by atoms with Crippen LogP contribution in [-0.4, -0.2) is 54.1 Å². The fourth-order valence-corrected chi connectivity index (χ4v) is 4.28. The van der Waals surface area contributed by atoms with Gasteiger partial charge in [-0.25, -0.2) is 9.18 Å². The molecule has 8 radical (unpaired) electrons. The lowest BCUT2D eigenvalue weighted by Gasteiger charge is -2.30. The molecule has 27 heavy (non-hydrogen) atoms. The van der Waals surface area contributed by atoms with Crippen molar-refractivity contribution in [3.05, 3.63) is 40.7 Å². The molecule has 1 atom stereocenters. The quantitative estimate of drug-likeness (QED) is 0.689. The van der Waals surface area contributed by atoms with Gasteiger partial charge in [-0.3, -0.25) is 9.69 Å². The van der Waals surface area contributed by atoms with Crippen molar-refractivity contribution in [2.45, 2.75) is 12.3 Å². The molecule has 1 saturated heterocycles. The molecule has 1 amide bonds. The second kappa shape index (κ2) is 7.15. The number of hydrogen-bond acceptors (Lipinski definition) is 3. The summed E-state index contributed by atoms with van der Waals surface area (Å²) in [5, 5.41) is 8.46. The van der Waals surface area contributed by atoms with Crippen LogP contribution in [0.2, 0.25) is 0 Å². The third-order valence-corrected chi connectivity index (χ3v) is 5.63. The first-order chi connectivity index (χ1) is 12.6. The molecule has 3 rings (SSSR count). The Morgan fingerprint density at radius 3 is 2.30 bits per heavy atom. The summed E-state index contributed by atoms with van der Waals surface area (Å²) in [6, 6.07) is 4.40. The Morgan fingerprint density at radius 1 is 1.19 bits per heavy atom. The van der Waals surface area contributed by atoms with Crippen molar-refractivity contribution >= 4 is 82.6 Å². The third kappa shape index (κ3) is 3.20. The minimum absolute atomic E-state index is 0.0730. The van der Waals surface area contributed by atoms with Crippen LogP contribution in [0, 0.1) is 12.7 Å². The SMILES string of the molecule is [B]c1c([B])c(C2SCC(=O)N2c2ccc(C(=O)O)cc2C)c([B])c([B])c1F. The summed E-state index contributed by atoms with van der Waals surface area (Å²) in [5.74, 6) is -2.05. The number of carboxylic acids is 1. The van der Waals surface area contributed by atoms with Crippen molar-refractivity contribution in [2.75, 3.05) is 10.7 Å². The van der Waals surface area contributed by atoms with Crippen LogP contribution < -0.4 is 26.8 Å². The summed E-state index contributed by atoms with van der Waals surface area (Å²) in [6.07, 6.45) is 0. The van der Waals surface area contributed by atoms with Gasteiger partial charge in [-0.2, -0.15) is 0 Å². The second-order valence-electron chi connectivity index (χ2n) is 6.12. The van der Waals surface area contributed by atoms with E-state index < -0.39 is 17.2 Å². The zero-order valence-electron chi connectivity index (χ0n) is 14.3. The minimum Gasteiger partial charge on any atom is -0.478 e. The summed E-state index contributed by atoms with van der Waals surface area (Å²) in [6.45, 7) is 1.69. The molecule has 2 aromatic rings. The van der Waals surface area contributed by atoms with E-state index >= 15 is 0 Å². The number of amides is 1. The second-order valence-corrected chi connectivity index (χ2v) is 7.18. The molecule has 0 aromatic heterocycles. The van der Waals surface area contributed by atoms with Crippen molar-refractivity contribution in [2.24, 2.45) is 0 Å². The highest BCUT2D eigenvalue weighted by atomic mass is 32.2. The highest BCUT2D eigenvalue weighted by Gasteiger charge is 2.37. The van der Waals surface area contributed by atoms with Crippen LogP contribution in [0.5, 0.6) is 0 Å². The lowest BCUT2D eigenvalue weighted by Crippen LogP contribution is -2.49. The number of rotatable bonds is 3. The minimum atomic E-state index is -1.07. The first-order valence-electron chi connectivity index (χ1n) is 7.84. The van der Waals surface area contributed by atoms with E-state index in [1.54, 1.807) is 6.92 Å². The maximum atomic E-state index is 14.0. The monoisotopic (exact) mass is 371 g/mol. The lowest BCUT2D eigenvalue weighted by molar-refractivity contribution is -0.115. The number of halogens is 1. The van der Waals surface area contributed by atoms with Crippen molar-refractivity contribution < 1.29 is 19.1 Å². The molecule has 0 bridgehead atoms. The molecule has 126 valence electrons. The maximum Gasteiger partial charge on any atom is 0.335 e. The summed E-state index contributed by atoms with van der Waals surface area (Å²) in [7, 11) is 23.4. The molecule has 1 aliphatic rings. The topological polar surface area (TPSA) is 57.6 Å². The third-order valence-electron chi connectivity index (χ3n) is 4.45. The number of nitrogens with zero attached hydrogens (tertiary/aromatic N) is 1. The van der Waals surface area contributed by atoms with Crippen LogP contribution in [0.15, 0.2) is 18.2 Å². The number of aryl methyl sites for hydroxylation is 1. The Bertz CT molecular complexity index is 956. The molecule has 4 nitrogen and oxygen atoms in total. The van der Waals surface area contributed by atoms with E-state index in [1.165, 1.54) is 34.9 Å². The highest BCUT2D eigenvalue weighted by molar-refractivity contribution is 8.00. The van der Waals surface area contributed by atoms with Gasteiger partial charge >= 0.3 is 5.97 Å². The molecule has 1 unspecified atom stereocenters. The number of carboxylic acid groups (broad SMARTS) is 1. The van der Waals surface area contributed by atoms with Gasteiger partial charge in [0.1, 0.15) is 42.6 Å². The Kier molecular flexibility index (Phi) is 5.21. The Labute approximate surface area is 165 Å². The predicted octanol–water partition coefficient (Wildman–Crippen LogP) is -1.21. The van der Waals surface area contributed by atoms with Gasteiger partial charge in [-0.15, -0.1) is 11.8 Å². The average Bonchev–Trinajstić information content (AvgIpc) is 2.99. The van der Waals surface area contributed by atoms with E-state index in [2.05, 4.69) is 0 Å². The Balaban J connectivity index is 2.16. The van der Waals surface area contributed by atoms with E-state index in [-0.39, 0.29) is 44.6 Å². The van der Waals surface area contributed by atoms with Gasteiger partial charge in [0.2, 0.25) is 5.91 Å². The van der Waals surface area contributed by atoms with Gasteiger partial charge in [-0.05, 0) is 36.2 Å². The van der Waals surface area contributed by atoms with Gasteiger partial charge in [0.25, 0.3) is 0 Å². The molecule has 1 aliphatic heterocycles. The van der Waals surface area contributed by atoms with Gasteiger partial charge in [0.05, 0.1) is 11.3 Å². The molecule has 0 spiro atoms. The number of aromatic carboxylic acids is 1. The first kappa shape index (κ1) is 19.7. The summed E-state index contributed by atoms with van der Waals surface area (Å²) >= 11 is 1.24. The molecular weight excluding hydrogens is 361 g/mol. The molecular formula is C17H10B4FNO3S. The average molecular weight is 371 g/mol. The lowest BCUT2D eigenvalue weighted by atomic mass is 9.66. The standard InChI is InChI=1S/C17H10B4FNO3S/c1-6-4-7(17(25)26)2-3-8(6)23-9(24)5-27-16(23)10-11(18)13(20)15(22)14(21)12(10)19/h2-4,16H,5H2,1H3,(H,25,26). The number of carbonyl (C=O) groups is 2. The van der Waals surface area contributed by atoms with Gasteiger partial charge in [-0.1, -0.05) is 21.9 Å². The van der Waals surface area contributed by atoms with Crippen LogP contribution in [0.1, 0.15) is 26.9 Å². The van der Waals surface area contributed by atoms with Crippen molar-refractivity contribution in [1.82, 2.24) is 0 Å². The maximum absolute atomic E-state index is 14.0. The van der Waals surface area contributed by atoms with Gasteiger partial charge in [0, 0.05) is 5.69 Å². The predicted molar refractivity (Wildman–Crippen MR) is 109 cm³/mol. The molecule has 0 saturated carbocycles. The van der Waals surface area contributed by atoms with E-state index in [9.17, 15) is 14.0 Å². The molecule has 2 aromatic carbocycles. The zero-order chi connectivity index (χ0) is 20.0. The highest BCUT2D eigenvalue weighted by Crippen LogP contribution is 2.41. The summed E-state index contributed by atoms with van der Waals surface area (Å²) in [4.78, 5) is 25.2. The molecule has 0 aliphatic carbocycles. The van der Waals surface area contributed by atoms with Gasteiger partial charge in [0.15, 0.2) is 0 Å². The number of carbonyl (C=O) groups excluding carboxylic acids is 1. The van der Waals surface area contributed by atoms with Crippen LogP contribution in [0.4, 0.5) is 10.1 Å². The smallest absolute Gasteiger partial charge is 0.335 e. The fraction of sp³-hybridized carbons (Fsp3) is 0.176. The number of hydrogen-bond donors (Lipinski definition) is 1. The largest absolute Gasteiger partial charge is 0.478 e. The Hall–Kier alpha value is -2.08. The van der Waals surface area contributed by atoms with Crippen LogP contribution in [0.3, 0.4) is 0 Å². The number of benzene rings is 2. The van der Waals surface area contributed by atoms with E-state index in [0.29, 0.717) is 11.3 Å². The summed E-state index contributed by atoms with van der Waals surface area (Å²) in [5.41, 5.74) is 0.651. The Morgan fingerprint density at radius 2 is 1.78 bits per heavy atom. The normalized spacial score (nSPS) is 16.7. The van der Waals surface area contributed by atoms with Crippen LogP contribution >= 0.6 is 11.8 Å². The van der Waals surface area contributed by atoms with Gasteiger partial charge < -0.3 is 5.11 Å². The van der Waals surface area contributed by atoms with Crippen molar-refractivity contribution in [1.29, 1.82) is 0 Å². The molecule has 1 fully saturated rings. The fourth-order valence-electron chi connectivity index (χ4n) is 3.04. The first-order valence-corrected chi connectivity index (χ1v) is 8.88.